The molecule has 8 heteroatoms. The Kier molecular flexibility index (Phi) is 6.79. The molecule has 2 aromatic heterocycles. The fourth-order valence-electron chi connectivity index (χ4n) is 3.05. The van der Waals surface area contributed by atoms with Crippen LogP contribution in [-0.2, 0) is 11.3 Å². The van der Waals surface area contributed by atoms with E-state index in [9.17, 15) is 0 Å². The summed E-state index contributed by atoms with van der Waals surface area (Å²) in [4.78, 5) is 7.12. The van der Waals surface area contributed by atoms with Gasteiger partial charge in [0.1, 0.15) is 6.54 Å². The Labute approximate surface area is 154 Å². The number of pyridine rings is 1. The summed E-state index contributed by atoms with van der Waals surface area (Å²) in [5.74, 6) is 2.18. The molecule has 2 aromatic rings. The third-order valence-corrected chi connectivity index (χ3v) is 4.40. The van der Waals surface area contributed by atoms with E-state index in [-0.39, 0.29) is 0 Å². The summed E-state index contributed by atoms with van der Waals surface area (Å²) in [5.41, 5.74) is 0.842. The standard InChI is InChI=1S/C18H29N7O/c1-3-19-18(20-12-15(2)14-24-8-10-26-11-9-24)21-13-17-23-22-16-6-4-5-7-25(16)17/h4-7,15H,3,8-14H2,1-2H3,(H2,19,20,21). The maximum Gasteiger partial charge on any atom is 0.191 e. The van der Waals surface area contributed by atoms with Crippen LogP contribution in [0.15, 0.2) is 29.4 Å². The lowest BCUT2D eigenvalue weighted by atomic mass is 10.1. The maximum absolute atomic E-state index is 5.41. The van der Waals surface area contributed by atoms with Crippen LogP contribution in [-0.4, -0.2) is 71.4 Å². The van der Waals surface area contributed by atoms with Gasteiger partial charge in [0, 0.05) is 38.9 Å². The molecule has 3 rings (SSSR count). The predicted octanol–water partition coefficient (Wildman–Crippen LogP) is 0.753. The summed E-state index contributed by atoms with van der Waals surface area (Å²) in [6, 6.07) is 5.87. The van der Waals surface area contributed by atoms with Crippen molar-refractivity contribution in [1.29, 1.82) is 0 Å². The van der Waals surface area contributed by atoms with Crippen molar-refractivity contribution in [2.75, 3.05) is 45.9 Å². The molecule has 0 aliphatic carbocycles. The molecule has 1 atom stereocenters. The second kappa shape index (κ2) is 9.49. The van der Waals surface area contributed by atoms with Crippen molar-refractivity contribution in [3.05, 3.63) is 30.2 Å². The molecule has 0 bridgehead atoms. The Bertz CT molecular complexity index is 708. The van der Waals surface area contributed by atoms with E-state index in [4.69, 9.17) is 4.74 Å². The summed E-state index contributed by atoms with van der Waals surface area (Å²) in [6.45, 7) is 11.3. The highest BCUT2D eigenvalue weighted by Crippen LogP contribution is 2.04. The molecule has 26 heavy (non-hydrogen) atoms. The first-order valence-electron chi connectivity index (χ1n) is 9.37. The Balaban J connectivity index is 1.53. The smallest absolute Gasteiger partial charge is 0.191 e. The van der Waals surface area contributed by atoms with E-state index in [2.05, 4.69) is 44.6 Å². The fraction of sp³-hybridized carbons (Fsp3) is 0.611. The van der Waals surface area contributed by atoms with Gasteiger partial charge in [0.2, 0.25) is 0 Å². The average molecular weight is 359 g/mol. The van der Waals surface area contributed by atoms with E-state index in [0.717, 1.165) is 63.4 Å². The summed E-state index contributed by atoms with van der Waals surface area (Å²) >= 11 is 0. The molecule has 0 spiro atoms. The van der Waals surface area contributed by atoms with Crippen LogP contribution < -0.4 is 10.6 Å². The molecule has 0 radical (unpaired) electrons. The van der Waals surface area contributed by atoms with E-state index >= 15 is 0 Å². The van der Waals surface area contributed by atoms with Crippen LogP contribution in [0.1, 0.15) is 19.7 Å². The van der Waals surface area contributed by atoms with Crippen LogP contribution in [0.5, 0.6) is 0 Å². The minimum atomic E-state index is 0.484. The highest BCUT2D eigenvalue weighted by Gasteiger charge is 2.14. The lowest BCUT2D eigenvalue weighted by Gasteiger charge is -2.29. The fourth-order valence-corrected chi connectivity index (χ4v) is 3.05. The highest BCUT2D eigenvalue weighted by molar-refractivity contribution is 5.79. The van der Waals surface area contributed by atoms with Crippen molar-refractivity contribution in [2.45, 2.75) is 20.4 Å². The van der Waals surface area contributed by atoms with Gasteiger partial charge in [0.25, 0.3) is 0 Å². The molecular formula is C18H29N7O. The van der Waals surface area contributed by atoms with Gasteiger partial charge in [0.05, 0.1) is 13.2 Å². The third kappa shape index (κ3) is 5.15. The molecular weight excluding hydrogens is 330 g/mol. The zero-order valence-electron chi connectivity index (χ0n) is 15.7. The topological polar surface area (TPSA) is 79.1 Å². The largest absolute Gasteiger partial charge is 0.379 e. The monoisotopic (exact) mass is 359 g/mol. The number of ether oxygens (including phenoxy) is 1. The van der Waals surface area contributed by atoms with Gasteiger partial charge >= 0.3 is 0 Å². The van der Waals surface area contributed by atoms with E-state index in [1.165, 1.54) is 0 Å². The number of morpholine rings is 1. The normalized spacial score (nSPS) is 17.4. The number of aromatic nitrogens is 3. The van der Waals surface area contributed by atoms with Crippen molar-refractivity contribution < 1.29 is 4.74 Å². The first kappa shape index (κ1) is 18.6. The summed E-state index contributed by atoms with van der Waals surface area (Å²) in [5, 5.41) is 15.1. The minimum Gasteiger partial charge on any atom is -0.379 e. The highest BCUT2D eigenvalue weighted by atomic mass is 16.5. The number of nitrogens with zero attached hydrogens (tertiary/aromatic N) is 5. The number of aliphatic imine (C=N–C) groups is 1. The van der Waals surface area contributed by atoms with Crippen molar-refractivity contribution in [1.82, 2.24) is 30.1 Å². The molecule has 1 aliphatic heterocycles. The van der Waals surface area contributed by atoms with E-state index < -0.39 is 0 Å². The van der Waals surface area contributed by atoms with Gasteiger partial charge in [-0.15, -0.1) is 10.2 Å². The van der Waals surface area contributed by atoms with Crippen LogP contribution in [0.3, 0.4) is 0 Å². The van der Waals surface area contributed by atoms with Gasteiger partial charge in [-0.1, -0.05) is 13.0 Å². The Hall–Kier alpha value is -2.19. The zero-order chi connectivity index (χ0) is 18.2. The molecule has 2 N–H and O–H groups in total. The number of hydrogen-bond acceptors (Lipinski definition) is 5. The van der Waals surface area contributed by atoms with E-state index in [1.54, 1.807) is 0 Å². The first-order chi connectivity index (χ1) is 12.8. The summed E-state index contributed by atoms with van der Waals surface area (Å²) < 4.78 is 7.38. The number of fused-ring (bicyclic) bond motifs is 1. The molecule has 142 valence electrons. The molecule has 8 nitrogen and oxygen atoms in total. The first-order valence-corrected chi connectivity index (χ1v) is 9.37. The van der Waals surface area contributed by atoms with E-state index in [0.29, 0.717) is 12.5 Å². The Morgan fingerprint density at radius 1 is 1.27 bits per heavy atom. The zero-order valence-corrected chi connectivity index (χ0v) is 15.7. The van der Waals surface area contributed by atoms with Gasteiger partial charge in [-0.3, -0.25) is 9.30 Å². The van der Waals surface area contributed by atoms with Crippen LogP contribution in [0, 0.1) is 5.92 Å². The molecule has 1 fully saturated rings. The molecule has 3 heterocycles. The lowest BCUT2D eigenvalue weighted by Crippen LogP contribution is -2.44. The number of rotatable bonds is 7. The van der Waals surface area contributed by atoms with Gasteiger partial charge in [-0.25, -0.2) is 4.99 Å². The SMILES string of the molecule is CCNC(=NCc1nnc2ccccn12)NCC(C)CN1CCOCC1. The Morgan fingerprint density at radius 3 is 2.92 bits per heavy atom. The molecule has 1 unspecified atom stereocenters. The second-order valence-electron chi connectivity index (χ2n) is 6.64. The minimum absolute atomic E-state index is 0.484. The van der Waals surface area contributed by atoms with Gasteiger partial charge in [0.15, 0.2) is 17.4 Å². The second-order valence-corrected chi connectivity index (χ2v) is 6.64. The van der Waals surface area contributed by atoms with E-state index in [1.807, 2.05) is 28.8 Å². The summed E-state index contributed by atoms with van der Waals surface area (Å²) in [7, 11) is 0. The third-order valence-electron chi connectivity index (χ3n) is 4.40. The molecule has 1 saturated heterocycles. The number of hydrogen-bond donors (Lipinski definition) is 2. The molecule has 1 aliphatic rings. The predicted molar refractivity (Wildman–Crippen MR) is 102 cm³/mol. The van der Waals surface area contributed by atoms with Crippen molar-refractivity contribution in [3.8, 4) is 0 Å². The molecule has 0 saturated carbocycles. The van der Waals surface area contributed by atoms with Gasteiger partial charge in [-0.05, 0) is 25.0 Å². The van der Waals surface area contributed by atoms with Crippen LogP contribution in [0.25, 0.3) is 5.65 Å². The van der Waals surface area contributed by atoms with Crippen LogP contribution >= 0.6 is 0 Å². The van der Waals surface area contributed by atoms with Crippen LogP contribution in [0.4, 0.5) is 0 Å². The number of guanidine groups is 1. The average Bonchev–Trinajstić information content (AvgIpc) is 3.08. The van der Waals surface area contributed by atoms with Gasteiger partial charge in [-0.2, -0.15) is 0 Å². The number of nitrogens with one attached hydrogen (secondary N) is 2. The van der Waals surface area contributed by atoms with Crippen molar-refractivity contribution >= 4 is 11.6 Å². The van der Waals surface area contributed by atoms with Crippen LogP contribution in [0.2, 0.25) is 0 Å². The maximum atomic E-state index is 5.41. The molecule has 0 aromatic carbocycles. The Morgan fingerprint density at radius 2 is 2.12 bits per heavy atom. The molecule has 0 amide bonds. The lowest BCUT2D eigenvalue weighted by molar-refractivity contribution is 0.0320. The van der Waals surface area contributed by atoms with Gasteiger partial charge < -0.3 is 15.4 Å². The quantitative estimate of drug-likeness (QED) is 0.561. The summed E-state index contributed by atoms with van der Waals surface area (Å²) in [6.07, 6.45) is 1.96. The van der Waals surface area contributed by atoms with Crippen molar-refractivity contribution in [3.63, 3.8) is 0 Å². The van der Waals surface area contributed by atoms with Crippen molar-refractivity contribution in [2.24, 2.45) is 10.9 Å².